The molecule has 0 aliphatic carbocycles. The fourth-order valence-corrected chi connectivity index (χ4v) is 4.05. The lowest BCUT2D eigenvalue weighted by Crippen LogP contribution is -2.43. The molecule has 4 heterocycles. The average Bonchev–Trinajstić information content (AvgIpc) is 3.37. The minimum absolute atomic E-state index is 0.118. The third-order valence-electron chi connectivity index (χ3n) is 5.65. The number of ketones is 1. The van der Waals surface area contributed by atoms with Crippen molar-refractivity contribution in [1.29, 1.82) is 0 Å². The summed E-state index contributed by atoms with van der Waals surface area (Å²) in [5.41, 5.74) is 2.50. The second-order valence-electron chi connectivity index (χ2n) is 7.60. The molecule has 3 aliphatic heterocycles. The van der Waals surface area contributed by atoms with Crippen molar-refractivity contribution >= 4 is 11.9 Å². The fraction of sp³-hybridized carbons (Fsp3) is 0.409. The van der Waals surface area contributed by atoms with E-state index in [9.17, 15) is 4.79 Å². The van der Waals surface area contributed by atoms with E-state index in [-0.39, 0.29) is 11.5 Å². The van der Waals surface area contributed by atoms with E-state index in [0.717, 1.165) is 62.8 Å². The molecule has 1 fully saturated rings. The molecule has 0 atom stereocenters. The third-order valence-corrected chi connectivity index (χ3v) is 5.65. The van der Waals surface area contributed by atoms with Gasteiger partial charge in [0.1, 0.15) is 24.0 Å². The first kappa shape index (κ1) is 18.4. The highest BCUT2D eigenvalue weighted by atomic mass is 16.5. The zero-order valence-corrected chi connectivity index (χ0v) is 16.5. The van der Waals surface area contributed by atoms with Gasteiger partial charge >= 0.3 is 0 Å². The Kier molecular flexibility index (Phi) is 4.87. The van der Waals surface area contributed by atoms with E-state index < -0.39 is 0 Å². The largest absolute Gasteiger partial charge is 0.477 e. The molecule has 0 radical (unpaired) electrons. The quantitative estimate of drug-likeness (QED) is 0.736. The topological polar surface area (TPSA) is 64.4 Å². The lowest BCUT2D eigenvalue weighted by molar-refractivity contribution is 0.0239. The number of ether oxygens (including phenoxy) is 3. The Bertz CT molecular complexity index is 945. The van der Waals surface area contributed by atoms with Crippen LogP contribution in [0, 0.1) is 6.92 Å². The summed E-state index contributed by atoms with van der Waals surface area (Å²) in [6.45, 7) is 8.74. The molecule has 0 unspecified atom stereocenters. The van der Waals surface area contributed by atoms with E-state index in [1.54, 1.807) is 24.5 Å². The van der Waals surface area contributed by atoms with Crippen LogP contribution in [0.4, 0.5) is 0 Å². The predicted octanol–water partition coefficient (Wildman–Crippen LogP) is 2.69. The Hall–Kier alpha value is -2.61. The number of hydrogen-bond acceptors (Lipinski definition) is 7. The predicted molar refractivity (Wildman–Crippen MR) is 106 cm³/mol. The molecule has 3 aliphatic rings. The zero-order valence-electron chi connectivity index (χ0n) is 16.5. The van der Waals surface area contributed by atoms with Crippen LogP contribution in [0.25, 0.3) is 6.08 Å². The van der Waals surface area contributed by atoms with E-state index in [1.165, 1.54) is 0 Å². The number of furan rings is 1. The van der Waals surface area contributed by atoms with E-state index in [4.69, 9.17) is 18.6 Å². The van der Waals surface area contributed by atoms with E-state index in [1.807, 2.05) is 13.0 Å². The van der Waals surface area contributed by atoms with E-state index in [0.29, 0.717) is 23.8 Å². The number of rotatable bonds is 4. The van der Waals surface area contributed by atoms with E-state index >= 15 is 0 Å². The molecule has 0 N–H and O–H groups in total. The Labute approximate surface area is 169 Å². The average molecular weight is 396 g/mol. The van der Waals surface area contributed by atoms with Crippen LogP contribution in [0.5, 0.6) is 11.5 Å². The smallest absolute Gasteiger partial charge is 0.232 e. The summed E-state index contributed by atoms with van der Waals surface area (Å²) in [5, 5.41) is 0. The lowest BCUT2D eigenvalue weighted by Gasteiger charge is -2.33. The summed E-state index contributed by atoms with van der Waals surface area (Å²) in [4.78, 5) is 17.5. The van der Waals surface area contributed by atoms with Crippen molar-refractivity contribution in [2.45, 2.75) is 13.5 Å². The van der Waals surface area contributed by atoms with Gasteiger partial charge in [0.05, 0.1) is 25.0 Å². The van der Waals surface area contributed by atoms with Gasteiger partial charge < -0.3 is 18.6 Å². The van der Waals surface area contributed by atoms with Crippen LogP contribution in [-0.4, -0.2) is 61.7 Å². The minimum atomic E-state index is -0.118. The zero-order chi connectivity index (χ0) is 19.8. The number of benzene rings is 1. The molecule has 29 heavy (non-hydrogen) atoms. The maximum Gasteiger partial charge on any atom is 0.232 e. The van der Waals surface area contributed by atoms with Crippen molar-refractivity contribution < 1.29 is 23.4 Å². The summed E-state index contributed by atoms with van der Waals surface area (Å²) >= 11 is 0. The number of fused-ring (bicyclic) bond motifs is 2. The van der Waals surface area contributed by atoms with Gasteiger partial charge in [-0.3, -0.25) is 14.6 Å². The van der Waals surface area contributed by atoms with Crippen molar-refractivity contribution in [1.82, 2.24) is 9.80 Å². The van der Waals surface area contributed by atoms with Crippen LogP contribution in [0.2, 0.25) is 0 Å². The van der Waals surface area contributed by atoms with Gasteiger partial charge in [-0.2, -0.15) is 0 Å². The van der Waals surface area contributed by atoms with Gasteiger partial charge in [0.15, 0.2) is 5.76 Å². The SMILES string of the molecule is Cc1c2c(cc3c1O/C(=C\c1ccco1)C3=O)CN(CCN1CCOCC1)CO2. The van der Waals surface area contributed by atoms with Crippen molar-refractivity contribution in [2.24, 2.45) is 0 Å². The van der Waals surface area contributed by atoms with Crippen molar-refractivity contribution in [3.63, 3.8) is 0 Å². The molecule has 0 spiro atoms. The first-order valence-corrected chi connectivity index (χ1v) is 9.98. The van der Waals surface area contributed by atoms with Crippen LogP contribution in [0.15, 0.2) is 34.6 Å². The fourth-order valence-electron chi connectivity index (χ4n) is 4.05. The molecule has 1 saturated heterocycles. The number of Topliss-reactive ketones (excluding diaryl/α,β-unsaturated/α-hetero) is 1. The van der Waals surface area contributed by atoms with Crippen LogP contribution in [-0.2, 0) is 11.3 Å². The minimum Gasteiger partial charge on any atom is -0.477 e. The van der Waals surface area contributed by atoms with Crippen LogP contribution >= 0.6 is 0 Å². The maximum absolute atomic E-state index is 12.9. The Balaban J connectivity index is 1.33. The highest BCUT2D eigenvalue weighted by Gasteiger charge is 2.33. The van der Waals surface area contributed by atoms with Crippen molar-refractivity contribution in [3.8, 4) is 11.5 Å². The summed E-state index contributed by atoms with van der Waals surface area (Å²) < 4.78 is 22.7. The second kappa shape index (κ2) is 7.67. The molecule has 1 aromatic carbocycles. The maximum atomic E-state index is 12.9. The van der Waals surface area contributed by atoms with Crippen LogP contribution < -0.4 is 9.47 Å². The number of allylic oxidation sites excluding steroid dienone is 1. The second-order valence-corrected chi connectivity index (χ2v) is 7.60. The summed E-state index contributed by atoms with van der Waals surface area (Å²) in [5.74, 6) is 2.18. The first-order chi connectivity index (χ1) is 14.2. The van der Waals surface area contributed by atoms with Crippen LogP contribution in [0.3, 0.4) is 0 Å². The van der Waals surface area contributed by atoms with E-state index in [2.05, 4.69) is 9.80 Å². The number of carbonyl (C=O) groups excluding carboxylic acids is 1. The van der Waals surface area contributed by atoms with Gasteiger partial charge in [-0.05, 0) is 25.1 Å². The lowest BCUT2D eigenvalue weighted by atomic mass is 10.00. The molecule has 0 saturated carbocycles. The molecular formula is C22H24N2O5. The molecule has 152 valence electrons. The number of morpholine rings is 1. The molecule has 7 heteroatoms. The highest BCUT2D eigenvalue weighted by molar-refractivity contribution is 6.15. The summed E-state index contributed by atoms with van der Waals surface area (Å²) in [7, 11) is 0. The summed E-state index contributed by atoms with van der Waals surface area (Å²) in [6.07, 6.45) is 3.21. The number of nitrogens with zero attached hydrogens (tertiary/aromatic N) is 2. The highest BCUT2D eigenvalue weighted by Crippen LogP contribution is 2.43. The Morgan fingerprint density at radius 3 is 2.76 bits per heavy atom. The number of hydrogen-bond donors (Lipinski definition) is 0. The third kappa shape index (κ3) is 3.57. The van der Waals surface area contributed by atoms with Gasteiger partial charge in [-0.1, -0.05) is 0 Å². The van der Waals surface area contributed by atoms with Gasteiger partial charge in [0.2, 0.25) is 5.78 Å². The van der Waals surface area contributed by atoms with Gasteiger partial charge in [0.25, 0.3) is 0 Å². The molecule has 2 aromatic rings. The van der Waals surface area contributed by atoms with Crippen molar-refractivity contribution in [3.05, 3.63) is 52.7 Å². The summed E-state index contributed by atoms with van der Waals surface area (Å²) in [6, 6.07) is 5.49. The normalized spacial score (nSPS) is 21.0. The monoisotopic (exact) mass is 396 g/mol. The Morgan fingerprint density at radius 1 is 1.14 bits per heavy atom. The van der Waals surface area contributed by atoms with Gasteiger partial charge in [-0.15, -0.1) is 0 Å². The molecule has 0 amide bonds. The molecule has 1 aromatic heterocycles. The van der Waals surface area contributed by atoms with Gasteiger partial charge in [0, 0.05) is 49.9 Å². The Morgan fingerprint density at radius 2 is 1.97 bits per heavy atom. The molecule has 7 nitrogen and oxygen atoms in total. The number of carbonyl (C=O) groups is 1. The molecule has 5 rings (SSSR count). The molecule has 0 bridgehead atoms. The van der Waals surface area contributed by atoms with Crippen LogP contribution in [0.1, 0.15) is 27.2 Å². The standard InChI is InChI=1S/C22H24N2O5/c1-15-21-16(13-24(14-28-21)5-4-23-6-9-26-10-7-23)11-18-20(25)19(29-22(15)18)12-17-3-2-8-27-17/h2-3,8,11-12H,4-7,9-10,13-14H2,1H3/b19-12-. The van der Waals surface area contributed by atoms with Crippen molar-refractivity contribution in [2.75, 3.05) is 46.1 Å². The van der Waals surface area contributed by atoms with Gasteiger partial charge in [-0.25, -0.2) is 0 Å². The molecular weight excluding hydrogens is 372 g/mol. The first-order valence-electron chi connectivity index (χ1n) is 9.98.